The maximum atomic E-state index is 12.3. The molecule has 1 amide bonds. The number of Topliss-reactive ketones (excluding diaryl/α,β-unsaturated/α-hetero) is 1. The van der Waals surface area contributed by atoms with Gasteiger partial charge in [-0.1, -0.05) is 42.5 Å². The summed E-state index contributed by atoms with van der Waals surface area (Å²) in [6, 6.07) is 23.2. The fourth-order valence-electron chi connectivity index (χ4n) is 3.75. The number of aryl methyl sites for hydroxylation is 1. The van der Waals surface area contributed by atoms with Crippen molar-refractivity contribution >= 4 is 17.5 Å². The number of pyridine rings is 2. The average molecular weight is 466 g/mol. The van der Waals surface area contributed by atoms with E-state index < -0.39 is 0 Å². The van der Waals surface area contributed by atoms with Crippen molar-refractivity contribution in [2.45, 2.75) is 32.8 Å². The molecule has 0 radical (unpaired) electrons. The van der Waals surface area contributed by atoms with Gasteiger partial charge >= 0.3 is 0 Å². The molecule has 6 nitrogen and oxygen atoms in total. The standard InChI is InChI=1S/C29H27N3O3/c1-21(33)32-29-15-11-24(19-31-29)28-7-3-2-6-25(28)20-35-27-13-9-22(10-14-27)17-26(34)12-8-23-5-4-16-30-18-23/h2-7,9-11,13-16,18-19H,8,12,17,20H2,1H3,(H,31,32,33). The van der Waals surface area contributed by atoms with Gasteiger partial charge in [0.15, 0.2) is 0 Å². The van der Waals surface area contributed by atoms with Crippen molar-refractivity contribution in [3.8, 4) is 16.9 Å². The quantitative estimate of drug-likeness (QED) is 0.338. The largest absolute Gasteiger partial charge is 0.489 e. The Morgan fingerprint density at radius 3 is 2.43 bits per heavy atom. The highest BCUT2D eigenvalue weighted by Crippen LogP contribution is 2.25. The Balaban J connectivity index is 1.33. The number of benzene rings is 2. The molecule has 0 saturated carbocycles. The van der Waals surface area contributed by atoms with Crippen molar-refractivity contribution in [2.24, 2.45) is 0 Å². The molecule has 0 fully saturated rings. The fourth-order valence-corrected chi connectivity index (χ4v) is 3.75. The lowest BCUT2D eigenvalue weighted by Gasteiger charge is -2.12. The molecule has 2 aromatic carbocycles. The number of ether oxygens (including phenoxy) is 1. The lowest BCUT2D eigenvalue weighted by molar-refractivity contribution is -0.118. The van der Waals surface area contributed by atoms with E-state index in [1.165, 1.54) is 6.92 Å². The van der Waals surface area contributed by atoms with Crippen LogP contribution in [0, 0.1) is 0 Å². The summed E-state index contributed by atoms with van der Waals surface area (Å²) in [4.78, 5) is 32.0. The van der Waals surface area contributed by atoms with E-state index in [4.69, 9.17) is 4.74 Å². The summed E-state index contributed by atoms with van der Waals surface area (Å²) < 4.78 is 6.03. The van der Waals surface area contributed by atoms with Crippen molar-refractivity contribution in [1.82, 2.24) is 9.97 Å². The number of anilines is 1. The second-order valence-corrected chi connectivity index (χ2v) is 8.28. The highest BCUT2D eigenvalue weighted by atomic mass is 16.5. The predicted molar refractivity (Wildman–Crippen MR) is 136 cm³/mol. The van der Waals surface area contributed by atoms with E-state index in [2.05, 4.69) is 15.3 Å². The Kier molecular flexibility index (Phi) is 7.96. The number of carbonyl (C=O) groups excluding carboxylic acids is 2. The summed E-state index contributed by atoms with van der Waals surface area (Å²) in [5.74, 6) is 1.31. The molecule has 0 aliphatic carbocycles. The van der Waals surface area contributed by atoms with Gasteiger partial charge in [0.25, 0.3) is 0 Å². The average Bonchev–Trinajstić information content (AvgIpc) is 2.88. The Bertz CT molecular complexity index is 1270. The maximum absolute atomic E-state index is 12.3. The number of hydrogen-bond acceptors (Lipinski definition) is 5. The first kappa shape index (κ1) is 23.8. The van der Waals surface area contributed by atoms with Gasteiger partial charge in [-0.2, -0.15) is 0 Å². The molecule has 2 aromatic heterocycles. The van der Waals surface area contributed by atoms with E-state index >= 15 is 0 Å². The summed E-state index contributed by atoms with van der Waals surface area (Å²) in [6.07, 6.45) is 6.89. The van der Waals surface area contributed by atoms with E-state index in [9.17, 15) is 9.59 Å². The molecule has 0 unspecified atom stereocenters. The van der Waals surface area contributed by atoms with Crippen molar-refractivity contribution < 1.29 is 14.3 Å². The molecule has 176 valence electrons. The minimum atomic E-state index is -0.154. The Morgan fingerprint density at radius 1 is 0.886 bits per heavy atom. The van der Waals surface area contributed by atoms with Crippen LogP contribution in [0.3, 0.4) is 0 Å². The van der Waals surface area contributed by atoms with Crippen LogP contribution in [0.2, 0.25) is 0 Å². The number of rotatable bonds is 10. The topological polar surface area (TPSA) is 81.2 Å². The van der Waals surface area contributed by atoms with Gasteiger partial charge < -0.3 is 10.1 Å². The van der Waals surface area contributed by atoms with Crippen molar-refractivity contribution in [3.63, 3.8) is 0 Å². The lowest BCUT2D eigenvalue weighted by atomic mass is 10.0. The predicted octanol–water partition coefficient (Wildman–Crippen LogP) is 5.43. The zero-order chi connectivity index (χ0) is 24.5. The number of aromatic nitrogens is 2. The first-order chi connectivity index (χ1) is 17.1. The summed E-state index contributed by atoms with van der Waals surface area (Å²) in [7, 11) is 0. The van der Waals surface area contributed by atoms with Crippen molar-refractivity contribution in [2.75, 3.05) is 5.32 Å². The number of nitrogens with zero attached hydrogens (tertiary/aromatic N) is 2. The SMILES string of the molecule is CC(=O)Nc1ccc(-c2ccccc2COc2ccc(CC(=O)CCc3cccnc3)cc2)cn1. The van der Waals surface area contributed by atoms with Crippen molar-refractivity contribution in [3.05, 3.63) is 108 Å². The number of hydrogen-bond donors (Lipinski definition) is 1. The van der Waals surface area contributed by atoms with E-state index in [1.54, 1.807) is 24.7 Å². The zero-order valence-electron chi connectivity index (χ0n) is 19.6. The minimum absolute atomic E-state index is 0.154. The van der Waals surface area contributed by atoms with Gasteiger partial charge in [-0.25, -0.2) is 4.98 Å². The molecule has 0 atom stereocenters. The van der Waals surface area contributed by atoms with Gasteiger partial charge in [0.05, 0.1) is 0 Å². The first-order valence-corrected chi connectivity index (χ1v) is 11.5. The molecule has 1 N–H and O–H groups in total. The molecule has 4 rings (SSSR count). The maximum Gasteiger partial charge on any atom is 0.222 e. The molecule has 0 bridgehead atoms. The smallest absolute Gasteiger partial charge is 0.222 e. The fraction of sp³-hybridized carbons (Fsp3) is 0.172. The summed E-state index contributed by atoms with van der Waals surface area (Å²) in [5, 5.41) is 2.68. The summed E-state index contributed by atoms with van der Waals surface area (Å²) >= 11 is 0. The number of amides is 1. The normalized spacial score (nSPS) is 10.5. The lowest BCUT2D eigenvalue weighted by Crippen LogP contribution is -2.07. The summed E-state index contributed by atoms with van der Waals surface area (Å²) in [6.45, 7) is 1.85. The molecule has 0 aliphatic rings. The molecule has 0 saturated heterocycles. The molecule has 0 aliphatic heterocycles. The molecule has 2 heterocycles. The highest BCUT2D eigenvalue weighted by Gasteiger charge is 2.08. The second-order valence-electron chi connectivity index (χ2n) is 8.28. The van der Waals surface area contributed by atoms with E-state index in [-0.39, 0.29) is 11.7 Å². The minimum Gasteiger partial charge on any atom is -0.489 e. The van der Waals surface area contributed by atoms with Crippen LogP contribution >= 0.6 is 0 Å². The number of carbonyl (C=O) groups is 2. The Morgan fingerprint density at radius 2 is 1.71 bits per heavy atom. The number of ketones is 1. The van der Waals surface area contributed by atoms with Gasteiger partial charge in [-0.05, 0) is 59.0 Å². The van der Waals surface area contributed by atoms with E-state index in [1.807, 2.05) is 66.7 Å². The van der Waals surface area contributed by atoms with Crippen LogP contribution in [0.5, 0.6) is 5.75 Å². The summed E-state index contributed by atoms with van der Waals surface area (Å²) in [5.41, 5.74) is 5.03. The van der Waals surface area contributed by atoms with Crippen LogP contribution in [-0.4, -0.2) is 21.7 Å². The monoisotopic (exact) mass is 465 g/mol. The molecule has 0 spiro atoms. The van der Waals surface area contributed by atoms with Gasteiger partial charge in [0.1, 0.15) is 24.0 Å². The first-order valence-electron chi connectivity index (χ1n) is 11.5. The van der Waals surface area contributed by atoms with E-state index in [0.717, 1.165) is 33.6 Å². The van der Waals surface area contributed by atoms with Crippen LogP contribution in [0.25, 0.3) is 11.1 Å². The van der Waals surface area contributed by atoms with Crippen LogP contribution in [0.4, 0.5) is 5.82 Å². The third-order valence-corrected chi connectivity index (χ3v) is 5.53. The van der Waals surface area contributed by atoms with Crippen LogP contribution in [0.15, 0.2) is 91.4 Å². The molecule has 6 heteroatoms. The van der Waals surface area contributed by atoms with Crippen molar-refractivity contribution in [1.29, 1.82) is 0 Å². The van der Waals surface area contributed by atoms with Gasteiger partial charge in [-0.15, -0.1) is 0 Å². The third kappa shape index (κ3) is 7.08. The van der Waals surface area contributed by atoms with Crippen LogP contribution < -0.4 is 10.1 Å². The molecular formula is C29H27N3O3. The zero-order valence-corrected chi connectivity index (χ0v) is 19.6. The second kappa shape index (κ2) is 11.7. The highest BCUT2D eigenvalue weighted by molar-refractivity contribution is 5.87. The van der Waals surface area contributed by atoms with Gasteiger partial charge in [0, 0.05) is 43.9 Å². The van der Waals surface area contributed by atoms with E-state index in [0.29, 0.717) is 31.7 Å². The Hall–Kier alpha value is -4.32. The van der Waals surface area contributed by atoms with Gasteiger partial charge in [0.2, 0.25) is 5.91 Å². The molecule has 35 heavy (non-hydrogen) atoms. The third-order valence-electron chi connectivity index (χ3n) is 5.53. The van der Waals surface area contributed by atoms with Gasteiger partial charge in [-0.3, -0.25) is 14.6 Å². The van der Waals surface area contributed by atoms with Crippen LogP contribution in [0.1, 0.15) is 30.0 Å². The Labute approximate surface area is 205 Å². The van der Waals surface area contributed by atoms with Crippen LogP contribution in [-0.2, 0) is 29.0 Å². The number of nitrogens with one attached hydrogen (secondary N) is 1. The molecule has 4 aromatic rings. The molecular weight excluding hydrogens is 438 g/mol.